The summed E-state index contributed by atoms with van der Waals surface area (Å²) in [5.41, 5.74) is 0.820. The van der Waals surface area contributed by atoms with Crippen molar-refractivity contribution in [1.82, 2.24) is 0 Å². The highest BCUT2D eigenvalue weighted by molar-refractivity contribution is 7.17. The molecule has 1 heteroatoms. The van der Waals surface area contributed by atoms with Crippen molar-refractivity contribution in [3.8, 4) is 0 Å². The minimum atomic E-state index is 0.820. The van der Waals surface area contributed by atoms with Gasteiger partial charge in [-0.05, 0) is 12.1 Å². The summed E-state index contributed by atoms with van der Waals surface area (Å²) in [6, 6.07) is 0. The molecule has 0 aliphatic heterocycles. The van der Waals surface area contributed by atoms with Crippen LogP contribution in [0.3, 0.4) is 0 Å². The zero-order valence-electron chi connectivity index (χ0n) is 9.52. The Labute approximate surface area is 87.1 Å². The molecular formula is C12H27P. The van der Waals surface area contributed by atoms with Crippen molar-refractivity contribution in [2.45, 2.75) is 77.3 Å². The summed E-state index contributed by atoms with van der Waals surface area (Å²) < 4.78 is 0. The van der Waals surface area contributed by atoms with Gasteiger partial charge in [0.2, 0.25) is 0 Å². The van der Waals surface area contributed by atoms with E-state index >= 15 is 0 Å². The van der Waals surface area contributed by atoms with Crippen molar-refractivity contribution < 1.29 is 0 Å². The average molecular weight is 202 g/mol. The topological polar surface area (TPSA) is 0 Å². The van der Waals surface area contributed by atoms with Gasteiger partial charge in [0.25, 0.3) is 0 Å². The second-order valence-electron chi connectivity index (χ2n) is 4.24. The van der Waals surface area contributed by atoms with Crippen LogP contribution in [-0.2, 0) is 0 Å². The van der Waals surface area contributed by atoms with E-state index in [-0.39, 0.29) is 0 Å². The summed E-state index contributed by atoms with van der Waals surface area (Å²) in [5, 5.41) is 0. The molecule has 2 unspecified atom stereocenters. The third-order valence-corrected chi connectivity index (χ3v) is 2.85. The van der Waals surface area contributed by atoms with Crippen LogP contribution in [0.15, 0.2) is 0 Å². The van der Waals surface area contributed by atoms with Crippen molar-refractivity contribution in [3.63, 3.8) is 0 Å². The van der Waals surface area contributed by atoms with E-state index in [9.17, 15) is 0 Å². The smallest absolute Gasteiger partial charge is 0.0293 e. The van der Waals surface area contributed by atoms with Crippen LogP contribution in [0.1, 0.15) is 71.6 Å². The molecule has 0 heterocycles. The Balaban J connectivity index is 2.84. The second kappa shape index (κ2) is 10.5. The number of hydrogen-bond donors (Lipinski definition) is 0. The van der Waals surface area contributed by atoms with Gasteiger partial charge in [0.1, 0.15) is 0 Å². The van der Waals surface area contributed by atoms with Gasteiger partial charge in [0.15, 0.2) is 0 Å². The van der Waals surface area contributed by atoms with Crippen LogP contribution in [0, 0.1) is 0 Å². The zero-order chi connectivity index (χ0) is 9.94. The second-order valence-corrected chi connectivity index (χ2v) is 5.38. The third-order valence-electron chi connectivity index (χ3n) is 2.51. The molecule has 0 saturated carbocycles. The molecule has 0 spiro atoms. The molecule has 0 aromatic heterocycles. The quantitative estimate of drug-likeness (QED) is 0.373. The summed E-state index contributed by atoms with van der Waals surface area (Å²) in [6.07, 6.45) is 12.9. The van der Waals surface area contributed by atoms with Gasteiger partial charge < -0.3 is 0 Å². The highest BCUT2D eigenvalue weighted by Gasteiger charge is 1.94. The van der Waals surface area contributed by atoms with Crippen LogP contribution in [0.5, 0.6) is 0 Å². The fourth-order valence-corrected chi connectivity index (χ4v) is 1.84. The fourth-order valence-electron chi connectivity index (χ4n) is 1.60. The summed E-state index contributed by atoms with van der Waals surface area (Å²) in [5.74, 6) is 0. The van der Waals surface area contributed by atoms with Gasteiger partial charge in [0.05, 0.1) is 0 Å². The Morgan fingerprint density at radius 3 is 1.77 bits per heavy atom. The van der Waals surface area contributed by atoms with Gasteiger partial charge in [-0.2, -0.15) is 0 Å². The normalized spacial score (nSPS) is 13.2. The fraction of sp³-hybridized carbons (Fsp3) is 1.00. The molecule has 0 amide bonds. The SMILES string of the molecule is CCCCCCCCCCC(C)P. The van der Waals surface area contributed by atoms with Crippen LogP contribution in [0.25, 0.3) is 0 Å². The molecule has 0 N–H and O–H groups in total. The molecule has 0 fully saturated rings. The standard InChI is InChI=1S/C12H27P/c1-3-4-5-6-7-8-9-10-11-12(2)13/h12H,3-11,13H2,1-2H3. The van der Waals surface area contributed by atoms with E-state index in [1.165, 1.54) is 57.8 Å². The monoisotopic (exact) mass is 202 g/mol. The van der Waals surface area contributed by atoms with Crippen LogP contribution in [0.2, 0.25) is 0 Å². The summed E-state index contributed by atoms with van der Waals surface area (Å²) in [4.78, 5) is 0. The highest BCUT2D eigenvalue weighted by atomic mass is 31.0. The largest absolute Gasteiger partial charge is 0.135 e. The number of unbranched alkanes of at least 4 members (excludes halogenated alkanes) is 7. The maximum atomic E-state index is 2.88. The van der Waals surface area contributed by atoms with Crippen molar-refractivity contribution in [1.29, 1.82) is 0 Å². The van der Waals surface area contributed by atoms with Gasteiger partial charge in [-0.15, -0.1) is 9.24 Å². The van der Waals surface area contributed by atoms with E-state index in [1.807, 2.05) is 0 Å². The first-order chi connectivity index (χ1) is 6.27. The van der Waals surface area contributed by atoms with E-state index in [1.54, 1.807) is 0 Å². The maximum absolute atomic E-state index is 2.88. The molecule has 0 aliphatic carbocycles. The minimum Gasteiger partial charge on any atom is -0.135 e. The first-order valence-electron chi connectivity index (χ1n) is 6.03. The van der Waals surface area contributed by atoms with Gasteiger partial charge in [-0.25, -0.2) is 0 Å². The van der Waals surface area contributed by atoms with Crippen molar-refractivity contribution in [2.75, 3.05) is 0 Å². The molecule has 13 heavy (non-hydrogen) atoms. The predicted molar refractivity (Wildman–Crippen MR) is 66.4 cm³/mol. The first kappa shape index (κ1) is 13.4. The Bertz CT molecular complexity index is 89.1. The molecule has 0 rings (SSSR count). The maximum Gasteiger partial charge on any atom is -0.0293 e. The predicted octanol–water partition coefficient (Wildman–Crippen LogP) is 4.78. The van der Waals surface area contributed by atoms with E-state index in [0.29, 0.717) is 0 Å². The molecule has 0 aliphatic rings. The van der Waals surface area contributed by atoms with Crippen molar-refractivity contribution >= 4 is 9.24 Å². The van der Waals surface area contributed by atoms with Gasteiger partial charge in [-0.1, -0.05) is 65.2 Å². The molecular weight excluding hydrogens is 175 g/mol. The average Bonchev–Trinajstić information content (AvgIpc) is 2.09. The molecule has 80 valence electrons. The Morgan fingerprint density at radius 1 is 0.846 bits per heavy atom. The van der Waals surface area contributed by atoms with Crippen molar-refractivity contribution in [2.24, 2.45) is 0 Å². The van der Waals surface area contributed by atoms with E-state index in [4.69, 9.17) is 0 Å². The van der Waals surface area contributed by atoms with E-state index < -0.39 is 0 Å². The molecule has 0 saturated heterocycles. The lowest BCUT2D eigenvalue weighted by molar-refractivity contribution is 0.564. The lowest BCUT2D eigenvalue weighted by atomic mass is 10.1. The molecule has 0 nitrogen and oxygen atoms in total. The summed E-state index contributed by atoms with van der Waals surface area (Å²) in [6.45, 7) is 4.56. The van der Waals surface area contributed by atoms with E-state index in [2.05, 4.69) is 23.1 Å². The van der Waals surface area contributed by atoms with Crippen LogP contribution >= 0.6 is 9.24 Å². The highest BCUT2D eigenvalue weighted by Crippen LogP contribution is 2.13. The zero-order valence-corrected chi connectivity index (χ0v) is 10.7. The molecule has 0 aromatic carbocycles. The minimum absolute atomic E-state index is 0.820. The Morgan fingerprint density at radius 2 is 1.31 bits per heavy atom. The van der Waals surface area contributed by atoms with Gasteiger partial charge >= 0.3 is 0 Å². The third kappa shape index (κ3) is 12.4. The number of rotatable bonds is 9. The first-order valence-corrected chi connectivity index (χ1v) is 6.69. The van der Waals surface area contributed by atoms with Gasteiger partial charge in [0, 0.05) is 0 Å². The Kier molecular flexibility index (Phi) is 10.9. The van der Waals surface area contributed by atoms with Gasteiger partial charge in [-0.3, -0.25) is 0 Å². The molecule has 0 bridgehead atoms. The molecule has 0 radical (unpaired) electrons. The summed E-state index contributed by atoms with van der Waals surface area (Å²) in [7, 11) is 2.88. The lowest BCUT2D eigenvalue weighted by Crippen LogP contribution is -1.89. The van der Waals surface area contributed by atoms with Crippen LogP contribution < -0.4 is 0 Å². The van der Waals surface area contributed by atoms with E-state index in [0.717, 1.165) is 5.66 Å². The summed E-state index contributed by atoms with van der Waals surface area (Å²) >= 11 is 0. The Hall–Kier alpha value is 0.430. The molecule has 2 atom stereocenters. The van der Waals surface area contributed by atoms with Crippen molar-refractivity contribution in [3.05, 3.63) is 0 Å². The van der Waals surface area contributed by atoms with Crippen LogP contribution in [-0.4, -0.2) is 5.66 Å². The number of hydrogen-bond acceptors (Lipinski definition) is 0. The molecule has 0 aromatic rings. The van der Waals surface area contributed by atoms with Crippen LogP contribution in [0.4, 0.5) is 0 Å². The lowest BCUT2D eigenvalue weighted by Gasteiger charge is -2.03.